The highest BCUT2D eigenvalue weighted by molar-refractivity contribution is 6.21. The molecule has 1 aliphatic heterocycles. The van der Waals surface area contributed by atoms with Crippen LogP contribution in [-0.4, -0.2) is 129 Å². The standard InChI is InChI=1S/C34H57NO10/c1-2-3-4-5-6-7-8-11-15-38-17-19-40-21-23-42-25-27-44-29-30-45-28-26-43-24-22-41-20-18-39-16-14-35-33(36)31-12-9-10-13-32(31)34(35)37/h9-10,12-13H,2-8,11,14-30H2,1H3. The Labute approximate surface area is 270 Å². The summed E-state index contributed by atoms with van der Waals surface area (Å²) in [6.07, 6.45) is 10.5. The van der Waals surface area contributed by atoms with E-state index in [0.717, 1.165) is 13.0 Å². The molecule has 0 unspecified atom stereocenters. The van der Waals surface area contributed by atoms with E-state index in [0.29, 0.717) is 104 Å². The molecule has 0 atom stereocenters. The van der Waals surface area contributed by atoms with Crippen LogP contribution in [0.4, 0.5) is 0 Å². The molecule has 2 rings (SSSR count). The quantitative estimate of drug-likeness (QED) is 0.0802. The Bertz CT molecular complexity index is 836. The van der Waals surface area contributed by atoms with E-state index >= 15 is 0 Å². The summed E-state index contributed by atoms with van der Waals surface area (Å²) in [7, 11) is 0. The van der Waals surface area contributed by atoms with Crippen molar-refractivity contribution in [2.24, 2.45) is 0 Å². The zero-order valence-electron chi connectivity index (χ0n) is 27.5. The van der Waals surface area contributed by atoms with Crippen molar-refractivity contribution in [1.82, 2.24) is 4.90 Å². The molecule has 0 saturated heterocycles. The number of imide groups is 1. The van der Waals surface area contributed by atoms with Crippen molar-refractivity contribution in [2.45, 2.75) is 58.3 Å². The first-order valence-electron chi connectivity index (χ1n) is 16.8. The fourth-order valence-electron chi connectivity index (χ4n) is 4.58. The topological polar surface area (TPSA) is 111 Å². The number of hydrogen-bond donors (Lipinski definition) is 0. The molecule has 0 bridgehead atoms. The van der Waals surface area contributed by atoms with E-state index in [1.165, 1.54) is 49.8 Å². The van der Waals surface area contributed by atoms with E-state index in [9.17, 15) is 9.59 Å². The van der Waals surface area contributed by atoms with Crippen molar-refractivity contribution in [3.8, 4) is 0 Å². The molecule has 11 heteroatoms. The van der Waals surface area contributed by atoms with Gasteiger partial charge in [0.05, 0.1) is 117 Å². The number of benzene rings is 1. The summed E-state index contributed by atoms with van der Waals surface area (Å²) in [5.41, 5.74) is 0.896. The van der Waals surface area contributed by atoms with Gasteiger partial charge in [0, 0.05) is 6.61 Å². The predicted octanol–water partition coefficient (Wildman–Crippen LogP) is 4.56. The molecular formula is C34H57NO10. The first-order chi connectivity index (χ1) is 22.3. The third-order valence-corrected chi connectivity index (χ3v) is 7.08. The number of carbonyl (C=O) groups is 2. The second-order valence-corrected chi connectivity index (χ2v) is 10.7. The van der Waals surface area contributed by atoms with E-state index in [-0.39, 0.29) is 25.0 Å². The summed E-state index contributed by atoms with van der Waals surface area (Å²) in [6.45, 7) is 10.6. The van der Waals surface area contributed by atoms with Crippen LogP contribution in [0.5, 0.6) is 0 Å². The van der Waals surface area contributed by atoms with Crippen LogP contribution in [-0.2, 0) is 37.9 Å². The normalized spacial score (nSPS) is 12.9. The van der Waals surface area contributed by atoms with Crippen molar-refractivity contribution in [3.05, 3.63) is 35.4 Å². The monoisotopic (exact) mass is 639 g/mol. The van der Waals surface area contributed by atoms with Gasteiger partial charge in [0.1, 0.15) is 0 Å². The maximum atomic E-state index is 12.3. The Kier molecular flexibility index (Phi) is 24.6. The van der Waals surface area contributed by atoms with E-state index in [2.05, 4.69) is 6.92 Å². The molecule has 1 aliphatic rings. The number of ether oxygens (including phenoxy) is 8. The van der Waals surface area contributed by atoms with Crippen LogP contribution in [0.1, 0.15) is 79.0 Å². The van der Waals surface area contributed by atoms with Gasteiger partial charge in [0.25, 0.3) is 11.8 Å². The number of hydrogen-bond acceptors (Lipinski definition) is 10. The lowest BCUT2D eigenvalue weighted by Gasteiger charge is -2.13. The van der Waals surface area contributed by atoms with Crippen molar-refractivity contribution >= 4 is 11.8 Å². The number of amides is 2. The Morgan fingerprint density at radius 3 is 1.11 bits per heavy atom. The number of nitrogens with zero attached hydrogens (tertiary/aromatic N) is 1. The van der Waals surface area contributed by atoms with Gasteiger partial charge in [0.15, 0.2) is 0 Å². The highest BCUT2D eigenvalue weighted by Gasteiger charge is 2.34. The van der Waals surface area contributed by atoms with Crippen molar-refractivity contribution in [3.63, 3.8) is 0 Å². The highest BCUT2D eigenvalue weighted by Crippen LogP contribution is 2.21. The minimum Gasteiger partial charge on any atom is -0.379 e. The van der Waals surface area contributed by atoms with Crippen LogP contribution in [0, 0.1) is 0 Å². The summed E-state index contributed by atoms with van der Waals surface area (Å²) in [5, 5.41) is 0. The molecule has 0 radical (unpaired) electrons. The SMILES string of the molecule is CCCCCCCCCCOCCOCCOCCOCCOCCOCCOCCOCCN1C(=O)c2ccccc2C1=O. The molecule has 1 aromatic carbocycles. The molecule has 11 nitrogen and oxygen atoms in total. The average molecular weight is 640 g/mol. The lowest BCUT2D eigenvalue weighted by atomic mass is 10.1. The molecule has 1 heterocycles. The van der Waals surface area contributed by atoms with E-state index in [4.69, 9.17) is 37.9 Å². The Morgan fingerprint density at radius 2 is 0.733 bits per heavy atom. The van der Waals surface area contributed by atoms with Crippen LogP contribution in [0.15, 0.2) is 24.3 Å². The second kappa shape index (κ2) is 28.3. The minimum atomic E-state index is -0.271. The third-order valence-electron chi connectivity index (χ3n) is 7.08. The van der Waals surface area contributed by atoms with E-state index in [1.54, 1.807) is 24.3 Å². The van der Waals surface area contributed by atoms with Crippen LogP contribution >= 0.6 is 0 Å². The van der Waals surface area contributed by atoms with Crippen molar-refractivity contribution in [2.75, 3.05) is 112 Å². The van der Waals surface area contributed by atoms with Crippen molar-refractivity contribution in [1.29, 1.82) is 0 Å². The zero-order valence-corrected chi connectivity index (χ0v) is 27.5. The Balaban J connectivity index is 1.19. The van der Waals surface area contributed by atoms with Crippen LogP contribution in [0.2, 0.25) is 0 Å². The summed E-state index contributed by atoms with van der Waals surface area (Å²) in [4.78, 5) is 25.8. The minimum absolute atomic E-state index is 0.222. The lowest BCUT2D eigenvalue weighted by Crippen LogP contribution is -2.33. The van der Waals surface area contributed by atoms with E-state index in [1.807, 2.05) is 0 Å². The van der Waals surface area contributed by atoms with Gasteiger partial charge in [-0.2, -0.15) is 0 Å². The van der Waals surface area contributed by atoms with Gasteiger partial charge in [-0.15, -0.1) is 0 Å². The molecule has 0 fully saturated rings. The summed E-state index contributed by atoms with van der Waals surface area (Å²) < 4.78 is 44.1. The maximum absolute atomic E-state index is 12.3. The number of fused-ring (bicyclic) bond motifs is 1. The first-order valence-corrected chi connectivity index (χ1v) is 16.8. The van der Waals surface area contributed by atoms with Gasteiger partial charge in [-0.3, -0.25) is 14.5 Å². The molecule has 1 aromatic rings. The molecule has 45 heavy (non-hydrogen) atoms. The summed E-state index contributed by atoms with van der Waals surface area (Å²) in [6, 6.07) is 6.84. The molecule has 0 aliphatic carbocycles. The van der Waals surface area contributed by atoms with Crippen LogP contribution < -0.4 is 0 Å². The maximum Gasteiger partial charge on any atom is 0.261 e. The largest absolute Gasteiger partial charge is 0.379 e. The van der Waals surface area contributed by atoms with Crippen LogP contribution in [0.3, 0.4) is 0 Å². The lowest BCUT2D eigenvalue weighted by molar-refractivity contribution is -0.0233. The predicted molar refractivity (Wildman–Crippen MR) is 171 cm³/mol. The van der Waals surface area contributed by atoms with E-state index < -0.39 is 0 Å². The molecule has 0 saturated carbocycles. The second-order valence-electron chi connectivity index (χ2n) is 10.7. The molecule has 0 N–H and O–H groups in total. The summed E-state index contributed by atoms with van der Waals surface area (Å²) >= 11 is 0. The Morgan fingerprint density at radius 1 is 0.422 bits per heavy atom. The smallest absolute Gasteiger partial charge is 0.261 e. The number of unbranched alkanes of at least 4 members (excludes halogenated alkanes) is 7. The van der Waals surface area contributed by atoms with Gasteiger partial charge in [-0.05, 0) is 18.6 Å². The van der Waals surface area contributed by atoms with Crippen molar-refractivity contribution < 1.29 is 47.5 Å². The number of carbonyl (C=O) groups excluding carboxylic acids is 2. The summed E-state index contributed by atoms with van der Waals surface area (Å²) in [5.74, 6) is -0.542. The van der Waals surface area contributed by atoms with Crippen LogP contribution in [0.25, 0.3) is 0 Å². The number of rotatable bonds is 33. The third kappa shape index (κ3) is 19.3. The average Bonchev–Trinajstić information content (AvgIpc) is 3.30. The fraction of sp³-hybridized carbons (Fsp3) is 0.765. The fourth-order valence-corrected chi connectivity index (χ4v) is 4.58. The van der Waals surface area contributed by atoms with Gasteiger partial charge in [-0.1, -0.05) is 64.0 Å². The van der Waals surface area contributed by atoms with Gasteiger partial charge in [-0.25, -0.2) is 0 Å². The molecule has 0 aromatic heterocycles. The molecule has 0 spiro atoms. The highest BCUT2D eigenvalue weighted by atomic mass is 16.6. The zero-order chi connectivity index (χ0) is 32.0. The molecular weight excluding hydrogens is 582 g/mol. The Hall–Kier alpha value is -1.96. The first kappa shape index (κ1) is 39.2. The molecule has 2 amide bonds. The van der Waals surface area contributed by atoms with Gasteiger partial charge < -0.3 is 37.9 Å². The van der Waals surface area contributed by atoms with Gasteiger partial charge >= 0.3 is 0 Å². The van der Waals surface area contributed by atoms with Gasteiger partial charge in [0.2, 0.25) is 0 Å². The molecule has 258 valence electrons.